The van der Waals surface area contributed by atoms with Crippen LogP contribution in [-0.2, 0) is 23.8 Å². The Hall–Kier alpha value is -1.99. The summed E-state index contributed by atoms with van der Waals surface area (Å²) in [7, 11) is -3.80. The van der Waals surface area contributed by atoms with Gasteiger partial charge in [0, 0.05) is 12.3 Å². The summed E-state index contributed by atoms with van der Waals surface area (Å²) in [6, 6.07) is 6.32. The van der Waals surface area contributed by atoms with E-state index in [4.69, 9.17) is 8.92 Å². The molecular weight excluding hydrogens is 282 g/mol. The Morgan fingerprint density at radius 2 is 1.85 bits per heavy atom. The molecule has 1 aliphatic rings. The summed E-state index contributed by atoms with van der Waals surface area (Å²) in [6.45, 7) is 1.63. The molecule has 0 saturated heterocycles. The van der Waals surface area contributed by atoms with Crippen LogP contribution < -0.4 is 0 Å². The SMILES string of the molecule is Cc1ccc(S(=O)(=O)OCCOC2=CC=NC2=O)cc1. The van der Waals surface area contributed by atoms with Crippen molar-refractivity contribution in [3.8, 4) is 0 Å². The molecule has 0 fully saturated rings. The molecule has 0 bridgehead atoms. The molecule has 0 unspecified atom stereocenters. The molecule has 20 heavy (non-hydrogen) atoms. The van der Waals surface area contributed by atoms with Crippen molar-refractivity contribution >= 4 is 22.2 Å². The first-order chi connectivity index (χ1) is 9.49. The number of hydrogen-bond donors (Lipinski definition) is 0. The van der Waals surface area contributed by atoms with Crippen LogP contribution in [0.25, 0.3) is 0 Å². The summed E-state index contributed by atoms with van der Waals surface area (Å²) in [5.74, 6) is -0.396. The number of amides is 1. The van der Waals surface area contributed by atoms with Gasteiger partial charge in [-0.1, -0.05) is 17.7 Å². The van der Waals surface area contributed by atoms with E-state index in [0.717, 1.165) is 5.56 Å². The third kappa shape index (κ3) is 3.52. The van der Waals surface area contributed by atoms with Crippen LogP contribution in [0.5, 0.6) is 0 Å². The topological polar surface area (TPSA) is 82.0 Å². The lowest BCUT2D eigenvalue weighted by Gasteiger charge is -2.07. The Bertz CT molecular complexity index is 659. The summed E-state index contributed by atoms with van der Waals surface area (Å²) in [6.07, 6.45) is 2.73. The molecule has 7 heteroatoms. The maximum atomic E-state index is 11.8. The van der Waals surface area contributed by atoms with Crippen LogP contribution in [0.4, 0.5) is 0 Å². The van der Waals surface area contributed by atoms with Crippen LogP contribution in [0.15, 0.2) is 46.0 Å². The van der Waals surface area contributed by atoms with E-state index in [1.165, 1.54) is 24.4 Å². The molecule has 106 valence electrons. The normalized spacial score (nSPS) is 14.4. The number of benzene rings is 1. The van der Waals surface area contributed by atoms with Crippen LogP contribution in [-0.4, -0.2) is 33.8 Å². The third-order valence-corrected chi connectivity index (χ3v) is 3.84. The van der Waals surface area contributed by atoms with Crippen molar-refractivity contribution in [1.29, 1.82) is 0 Å². The highest BCUT2D eigenvalue weighted by atomic mass is 32.2. The summed E-state index contributed by atoms with van der Waals surface area (Å²) in [5, 5.41) is 0. The molecule has 0 aliphatic carbocycles. The molecule has 0 radical (unpaired) electrons. The first-order valence-corrected chi connectivity index (χ1v) is 7.27. The first kappa shape index (κ1) is 14.4. The quantitative estimate of drug-likeness (QED) is 0.582. The van der Waals surface area contributed by atoms with Gasteiger partial charge < -0.3 is 4.74 Å². The van der Waals surface area contributed by atoms with Crippen LogP contribution >= 0.6 is 0 Å². The summed E-state index contributed by atoms with van der Waals surface area (Å²) in [4.78, 5) is 14.6. The molecule has 1 aromatic rings. The summed E-state index contributed by atoms with van der Waals surface area (Å²) >= 11 is 0. The minimum atomic E-state index is -3.80. The lowest BCUT2D eigenvalue weighted by atomic mass is 10.2. The number of carbonyl (C=O) groups is 1. The minimum absolute atomic E-state index is 0.0496. The standard InChI is InChI=1S/C13H13NO5S/c1-10-2-4-11(5-3-10)20(16,17)19-9-8-18-12-6-7-14-13(12)15/h2-7H,8-9H2,1H3. The zero-order chi connectivity index (χ0) is 14.6. The molecule has 0 N–H and O–H groups in total. The lowest BCUT2D eigenvalue weighted by Crippen LogP contribution is -2.12. The summed E-state index contributed by atoms with van der Waals surface area (Å²) < 4.78 is 33.5. The molecule has 1 aliphatic heterocycles. The first-order valence-electron chi connectivity index (χ1n) is 5.86. The Morgan fingerprint density at radius 1 is 1.15 bits per heavy atom. The van der Waals surface area contributed by atoms with Crippen LogP contribution in [0.3, 0.4) is 0 Å². The number of hydrogen-bond acceptors (Lipinski definition) is 5. The molecule has 0 atom stereocenters. The van der Waals surface area contributed by atoms with Crippen molar-refractivity contribution in [2.45, 2.75) is 11.8 Å². The van der Waals surface area contributed by atoms with Gasteiger partial charge in [-0.25, -0.2) is 4.99 Å². The fourth-order valence-electron chi connectivity index (χ4n) is 1.49. The van der Waals surface area contributed by atoms with E-state index in [9.17, 15) is 13.2 Å². The average molecular weight is 295 g/mol. The average Bonchev–Trinajstić information content (AvgIpc) is 2.81. The second-order valence-electron chi connectivity index (χ2n) is 4.05. The monoisotopic (exact) mass is 295 g/mol. The van der Waals surface area contributed by atoms with Gasteiger partial charge in [-0.05, 0) is 19.1 Å². The second-order valence-corrected chi connectivity index (χ2v) is 5.67. The number of allylic oxidation sites excluding steroid dienone is 1. The number of ether oxygens (including phenoxy) is 1. The number of aliphatic imine (C=N–C) groups is 1. The van der Waals surface area contributed by atoms with Gasteiger partial charge in [0.15, 0.2) is 5.76 Å². The van der Waals surface area contributed by atoms with Gasteiger partial charge in [-0.3, -0.25) is 8.98 Å². The van der Waals surface area contributed by atoms with Crippen molar-refractivity contribution in [3.05, 3.63) is 41.7 Å². The van der Waals surface area contributed by atoms with Crippen molar-refractivity contribution in [2.24, 2.45) is 4.99 Å². The fraction of sp³-hybridized carbons (Fsp3) is 0.231. The zero-order valence-corrected chi connectivity index (χ0v) is 11.6. The second kappa shape index (κ2) is 5.98. The molecule has 1 heterocycles. The maximum Gasteiger partial charge on any atom is 0.312 e. The van der Waals surface area contributed by atoms with Crippen molar-refractivity contribution < 1.29 is 22.1 Å². The highest BCUT2D eigenvalue weighted by molar-refractivity contribution is 7.86. The highest BCUT2D eigenvalue weighted by Gasteiger charge is 2.16. The fourth-order valence-corrected chi connectivity index (χ4v) is 2.38. The molecule has 1 aromatic carbocycles. The molecule has 6 nitrogen and oxygen atoms in total. The van der Waals surface area contributed by atoms with Crippen LogP contribution in [0.2, 0.25) is 0 Å². The van der Waals surface area contributed by atoms with Crippen molar-refractivity contribution in [3.63, 3.8) is 0 Å². The van der Waals surface area contributed by atoms with Gasteiger partial charge in [0.05, 0.1) is 4.90 Å². The minimum Gasteiger partial charge on any atom is -0.485 e. The molecule has 0 spiro atoms. The third-order valence-electron chi connectivity index (χ3n) is 2.52. The number of carbonyl (C=O) groups excluding carboxylic acids is 1. The predicted molar refractivity (Wildman–Crippen MR) is 71.9 cm³/mol. The van der Waals surface area contributed by atoms with E-state index >= 15 is 0 Å². The van der Waals surface area contributed by atoms with Crippen molar-refractivity contribution in [1.82, 2.24) is 0 Å². The predicted octanol–water partition coefficient (Wildman–Crippen LogP) is 1.21. The Kier molecular flexibility index (Phi) is 4.31. The number of aryl methyl sites for hydroxylation is 1. The molecule has 1 amide bonds. The van der Waals surface area contributed by atoms with E-state index in [1.54, 1.807) is 12.1 Å². The Balaban J connectivity index is 1.84. The van der Waals surface area contributed by atoms with E-state index in [0.29, 0.717) is 0 Å². The Labute approximate surface area is 116 Å². The van der Waals surface area contributed by atoms with Gasteiger partial charge in [0.1, 0.15) is 13.2 Å². The number of rotatable bonds is 6. The molecular formula is C13H13NO5S. The van der Waals surface area contributed by atoms with Crippen molar-refractivity contribution in [2.75, 3.05) is 13.2 Å². The molecule has 0 aromatic heterocycles. The molecule has 2 rings (SSSR count). The van der Waals surface area contributed by atoms with Crippen LogP contribution in [0, 0.1) is 6.92 Å². The van der Waals surface area contributed by atoms with Crippen LogP contribution in [0.1, 0.15) is 5.56 Å². The largest absolute Gasteiger partial charge is 0.485 e. The van der Waals surface area contributed by atoms with E-state index < -0.39 is 16.0 Å². The van der Waals surface area contributed by atoms with E-state index in [1.807, 2.05) is 6.92 Å². The summed E-state index contributed by atoms with van der Waals surface area (Å²) in [5.41, 5.74) is 0.957. The van der Waals surface area contributed by atoms with Gasteiger partial charge >= 0.3 is 5.91 Å². The number of nitrogens with zero attached hydrogens (tertiary/aromatic N) is 1. The molecule has 0 saturated carbocycles. The Morgan fingerprint density at radius 3 is 2.45 bits per heavy atom. The maximum absolute atomic E-state index is 11.8. The van der Waals surface area contributed by atoms with E-state index in [2.05, 4.69) is 4.99 Å². The van der Waals surface area contributed by atoms with E-state index in [-0.39, 0.29) is 23.9 Å². The van der Waals surface area contributed by atoms with Gasteiger partial charge in [0.25, 0.3) is 10.1 Å². The van der Waals surface area contributed by atoms with Gasteiger partial charge in [-0.2, -0.15) is 8.42 Å². The smallest absolute Gasteiger partial charge is 0.312 e. The van der Waals surface area contributed by atoms with Gasteiger partial charge in [-0.15, -0.1) is 0 Å². The van der Waals surface area contributed by atoms with Gasteiger partial charge in [0.2, 0.25) is 0 Å². The highest BCUT2D eigenvalue weighted by Crippen LogP contribution is 2.13. The lowest BCUT2D eigenvalue weighted by molar-refractivity contribution is -0.117. The zero-order valence-electron chi connectivity index (χ0n) is 10.8.